The standard InChI is InChI=1S/C10H12N2OS2/c11-3-5-14-6-8-7-15-10(12-8)9-2-1-4-13-9/h1-2,4,7H,3,5-6,11H2. The third-order valence-electron chi connectivity index (χ3n) is 1.80. The first-order valence-corrected chi connectivity index (χ1v) is 6.69. The fraction of sp³-hybridized carbons (Fsp3) is 0.300. The number of nitrogens with zero attached hydrogens (tertiary/aromatic N) is 1. The summed E-state index contributed by atoms with van der Waals surface area (Å²) in [6, 6.07) is 3.80. The molecule has 0 saturated heterocycles. The van der Waals surface area contributed by atoms with Crippen LogP contribution in [-0.2, 0) is 5.75 Å². The van der Waals surface area contributed by atoms with Gasteiger partial charge in [0.2, 0.25) is 0 Å². The number of hydrogen-bond acceptors (Lipinski definition) is 5. The second-order valence-electron chi connectivity index (χ2n) is 2.96. The number of thioether (sulfide) groups is 1. The van der Waals surface area contributed by atoms with E-state index in [0.717, 1.165) is 34.5 Å². The molecule has 0 aliphatic heterocycles. The quantitative estimate of drug-likeness (QED) is 0.816. The van der Waals surface area contributed by atoms with E-state index in [1.54, 1.807) is 29.4 Å². The molecule has 0 radical (unpaired) electrons. The molecule has 0 amide bonds. The zero-order chi connectivity index (χ0) is 10.5. The summed E-state index contributed by atoms with van der Waals surface area (Å²) in [5.74, 6) is 2.75. The molecule has 15 heavy (non-hydrogen) atoms. The number of rotatable bonds is 5. The molecule has 2 N–H and O–H groups in total. The number of furan rings is 1. The van der Waals surface area contributed by atoms with Crippen molar-refractivity contribution in [3.05, 3.63) is 29.5 Å². The average molecular weight is 240 g/mol. The molecule has 0 aliphatic carbocycles. The molecule has 0 spiro atoms. The fourth-order valence-electron chi connectivity index (χ4n) is 1.15. The van der Waals surface area contributed by atoms with Crippen LogP contribution in [0.2, 0.25) is 0 Å². The van der Waals surface area contributed by atoms with E-state index in [1.165, 1.54) is 0 Å². The third-order valence-corrected chi connectivity index (χ3v) is 3.73. The molecule has 2 aromatic heterocycles. The van der Waals surface area contributed by atoms with Crippen LogP contribution in [0.4, 0.5) is 0 Å². The minimum absolute atomic E-state index is 0.722. The van der Waals surface area contributed by atoms with Gasteiger partial charge in [-0.2, -0.15) is 11.8 Å². The van der Waals surface area contributed by atoms with Crippen molar-refractivity contribution in [2.75, 3.05) is 12.3 Å². The Morgan fingerprint density at radius 1 is 1.53 bits per heavy atom. The molecule has 0 aliphatic rings. The van der Waals surface area contributed by atoms with Gasteiger partial charge in [0.25, 0.3) is 0 Å². The van der Waals surface area contributed by atoms with Gasteiger partial charge < -0.3 is 10.2 Å². The minimum Gasteiger partial charge on any atom is -0.462 e. The van der Waals surface area contributed by atoms with E-state index in [0.29, 0.717) is 0 Å². The van der Waals surface area contributed by atoms with Crippen LogP contribution >= 0.6 is 23.1 Å². The van der Waals surface area contributed by atoms with Gasteiger partial charge in [0.15, 0.2) is 10.8 Å². The molecule has 0 fully saturated rings. The Kier molecular flexibility index (Phi) is 3.82. The van der Waals surface area contributed by atoms with Gasteiger partial charge in [0.1, 0.15) is 0 Å². The Balaban J connectivity index is 1.98. The van der Waals surface area contributed by atoms with Crippen molar-refractivity contribution in [1.29, 1.82) is 0 Å². The maximum atomic E-state index is 5.42. The van der Waals surface area contributed by atoms with Gasteiger partial charge in [-0.1, -0.05) is 0 Å². The molecule has 3 nitrogen and oxygen atoms in total. The highest BCUT2D eigenvalue weighted by atomic mass is 32.2. The van der Waals surface area contributed by atoms with E-state index in [1.807, 2.05) is 12.1 Å². The maximum absolute atomic E-state index is 5.42. The molecule has 5 heteroatoms. The molecule has 0 atom stereocenters. The number of nitrogens with two attached hydrogens (primary N) is 1. The monoisotopic (exact) mass is 240 g/mol. The Labute approximate surface area is 96.7 Å². The largest absolute Gasteiger partial charge is 0.462 e. The van der Waals surface area contributed by atoms with Crippen LogP contribution in [0.25, 0.3) is 10.8 Å². The molecule has 0 bridgehead atoms. The number of hydrogen-bond donors (Lipinski definition) is 1. The Morgan fingerprint density at radius 2 is 2.47 bits per heavy atom. The summed E-state index contributed by atoms with van der Waals surface area (Å²) in [6.07, 6.45) is 1.67. The summed E-state index contributed by atoms with van der Waals surface area (Å²) < 4.78 is 5.28. The number of thiazole rings is 1. The lowest BCUT2D eigenvalue weighted by molar-refractivity contribution is 0.581. The lowest BCUT2D eigenvalue weighted by Gasteiger charge is -1.94. The van der Waals surface area contributed by atoms with Crippen LogP contribution in [0.3, 0.4) is 0 Å². The number of aromatic nitrogens is 1. The highest BCUT2D eigenvalue weighted by molar-refractivity contribution is 7.98. The SMILES string of the molecule is NCCSCc1csc(-c2ccco2)n1. The zero-order valence-corrected chi connectivity index (χ0v) is 9.81. The zero-order valence-electron chi connectivity index (χ0n) is 8.18. The van der Waals surface area contributed by atoms with Crippen molar-refractivity contribution in [3.8, 4) is 10.8 Å². The highest BCUT2D eigenvalue weighted by Crippen LogP contribution is 2.25. The predicted molar refractivity (Wildman–Crippen MR) is 65.0 cm³/mol. The molecule has 0 unspecified atom stereocenters. The van der Waals surface area contributed by atoms with Crippen molar-refractivity contribution in [3.63, 3.8) is 0 Å². The molecule has 0 aromatic carbocycles. The molecular weight excluding hydrogens is 228 g/mol. The lowest BCUT2D eigenvalue weighted by Crippen LogP contribution is -2.01. The van der Waals surface area contributed by atoms with Crippen molar-refractivity contribution in [2.45, 2.75) is 5.75 Å². The van der Waals surface area contributed by atoms with Crippen LogP contribution < -0.4 is 5.73 Å². The molecular formula is C10H12N2OS2. The van der Waals surface area contributed by atoms with E-state index in [-0.39, 0.29) is 0 Å². The van der Waals surface area contributed by atoms with Crippen molar-refractivity contribution in [2.24, 2.45) is 5.73 Å². The summed E-state index contributed by atoms with van der Waals surface area (Å²) >= 11 is 3.42. The smallest absolute Gasteiger partial charge is 0.162 e. The lowest BCUT2D eigenvalue weighted by atomic mass is 10.5. The van der Waals surface area contributed by atoms with Crippen molar-refractivity contribution in [1.82, 2.24) is 4.98 Å². The second kappa shape index (κ2) is 5.34. The van der Waals surface area contributed by atoms with E-state index in [2.05, 4.69) is 10.4 Å². The fourth-order valence-corrected chi connectivity index (χ4v) is 2.71. The van der Waals surface area contributed by atoms with Gasteiger partial charge in [-0.3, -0.25) is 0 Å². The summed E-state index contributed by atoms with van der Waals surface area (Å²) in [7, 11) is 0. The van der Waals surface area contributed by atoms with Crippen molar-refractivity contribution < 1.29 is 4.42 Å². The van der Waals surface area contributed by atoms with Gasteiger partial charge in [-0.15, -0.1) is 11.3 Å². The summed E-state index contributed by atoms with van der Waals surface area (Å²) in [4.78, 5) is 4.49. The van der Waals surface area contributed by atoms with Gasteiger partial charge >= 0.3 is 0 Å². The van der Waals surface area contributed by atoms with Crippen LogP contribution in [0.15, 0.2) is 28.2 Å². The highest BCUT2D eigenvalue weighted by Gasteiger charge is 2.06. The first-order chi connectivity index (χ1) is 7.40. The van der Waals surface area contributed by atoms with Gasteiger partial charge in [0, 0.05) is 23.4 Å². The van der Waals surface area contributed by atoms with Gasteiger partial charge in [-0.25, -0.2) is 4.98 Å². The van der Waals surface area contributed by atoms with E-state index >= 15 is 0 Å². The van der Waals surface area contributed by atoms with E-state index < -0.39 is 0 Å². The normalized spacial score (nSPS) is 10.7. The minimum atomic E-state index is 0.722. The summed E-state index contributed by atoms with van der Waals surface area (Å²) in [5.41, 5.74) is 6.52. The predicted octanol–water partition coefficient (Wildman–Crippen LogP) is 2.60. The van der Waals surface area contributed by atoms with Gasteiger partial charge in [0.05, 0.1) is 12.0 Å². The summed E-state index contributed by atoms with van der Waals surface area (Å²) in [5, 5.41) is 3.02. The first kappa shape index (κ1) is 10.7. The molecule has 2 heterocycles. The van der Waals surface area contributed by atoms with Crippen LogP contribution in [0.5, 0.6) is 0 Å². The van der Waals surface area contributed by atoms with Crippen LogP contribution in [0, 0.1) is 0 Å². The average Bonchev–Trinajstić information content (AvgIpc) is 2.87. The molecule has 2 rings (SSSR count). The summed E-state index contributed by atoms with van der Waals surface area (Å²) in [6.45, 7) is 0.722. The second-order valence-corrected chi connectivity index (χ2v) is 4.93. The molecule has 80 valence electrons. The third kappa shape index (κ3) is 2.84. The van der Waals surface area contributed by atoms with Gasteiger partial charge in [-0.05, 0) is 12.1 Å². The first-order valence-electron chi connectivity index (χ1n) is 4.66. The Morgan fingerprint density at radius 3 is 3.20 bits per heavy atom. The van der Waals surface area contributed by atoms with E-state index in [4.69, 9.17) is 10.2 Å². The van der Waals surface area contributed by atoms with Crippen LogP contribution in [-0.4, -0.2) is 17.3 Å². The van der Waals surface area contributed by atoms with E-state index in [9.17, 15) is 0 Å². The van der Waals surface area contributed by atoms with Crippen molar-refractivity contribution >= 4 is 23.1 Å². The van der Waals surface area contributed by atoms with Crippen LogP contribution in [0.1, 0.15) is 5.69 Å². The Bertz CT molecular complexity index is 397. The topological polar surface area (TPSA) is 52.0 Å². The maximum Gasteiger partial charge on any atom is 0.162 e. The molecule has 0 saturated carbocycles. The molecule has 2 aromatic rings. The Hall–Kier alpha value is -0.780.